The third-order valence-corrected chi connectivity index (χ3v) is 3.08. The van der Waals surface area contributed by atoms with Gasteiger partial charge in [0.2, 0.25) is 5.91 Å². The van der Waals surface area contributed by atoms with E-state index in [4.69, 9.17) is 5.73 Å². The van der Waals surface area contributed by atoms with Crippen molar-refractivity contribution in [1.29, 1.82) is 0 Å². The smallest absolute Gasteiger partial charge is 0.248 e. The van der Waals surface area contributed by atoms with E-state index < -0.39 is 6.04 Å². The van der Waals surface area contributed by atoms with Gasteiger partial charge in [-0.1, -0.05) is 38.0 Å². The van der Waals surface area contributed by atoms with Gasteiger partial charge in [0.25, 0.3) is 0 Å². The maximum Gasteiger partial charge on any atom is 0.248 e. The van der Waals surface area contributed by atoms with Crippen molar-refractivity contribution in [2.45, 2.75) is 32.2 Å². The van der Waals surface area contributed by atoms with Crippen molar-refractivity contribution in [3.05, 3.63) is 29.8 Å². The number of unbranched alkanes of at least 4 members (excludes halogenated alkanes) is 2. The van der Waals surface area contributed by atoms with Crippen molar-refractivity contribution < 1.29 is 4.79 Å². The SMILES string of the molecule is CCCCCN1C(=O)C(N)c2ccccc21. The van der Waals surface area contributed by atoms with Gasteiger partial charge in [0.05, 0.1) is 0 Å². The molecule has 16 heavy (non-hydrogen) atoms. The van der Waals surface area contributed by atoms with Crippen LogP contribution in [0.2, 0.25) is 0 Å². The van der Waals surface area contributed by atoms with Gasteiger partial charge in [-0.3, -0.25) is 4.79 Å². The second-order valence-corrected chi connectivity index (χ2v) is 4.23. The standard InChI is InChI=1S/C13H18N2O/c1-2-3-6-9-15-11-8-5-4-7-10(11)12(14)13(15)16/h4-5,7-8,12H,2-3,6,9,14H2,1H3. The van der Waals surface area contributed by atoms with Gasteiger partial charge in [0, 0.05) is 17.8 Å². The minimum Gasteiger partial charge on any atom is -0.316 e. The van der Waals surface area contributed by atoms with E-state index in [1.54, 1.807) is 0 Å². The summed E-state index contributed by atoms with van der Waals surface area (Å²) in [5.74, 6) is 0.0392. The zero-order valence-electron chi connectivity index (χ0n) is 9.65. The van der Waals surface area contributed by atoms with Gasteiger partial charge in [0.15, 0.2) is 0 Å². The molecule has 3 heteroatoms. The predicted molar refractivity (Wildman–Crippen MR) is 65.2 cm³/mol. The van der Waals surface area contributed by atoms with Crippen LogP contribution in [0.15, 0.2) is 24.3 Å². The average molecular weight is 218 g/mol. The normalized spacial score (nSPS) is 19.0. The highest BCUT2D eigenvalue weighted by Gasteiger charge is 2.33. The number of hydrogen-bond acceptors (Lipinski definition) is 2. The molecule has 0 aromatic heterocycles. The Morgan fingerprint density at radius 1 is 1.31 bits per heavy atom. The van der Waals surface area contributed by atoms with Crippen LogP contribution >= 0.6 is 0 Å². The number of nitrogens with two attached hydrogens (primary N) is 1. The number of carbonyl (C=O) groups is 1. The number of rotatable bonds is 4. The lowest BCUT2D eigenvalue weighted by molar-refractivity contribution is -0.119. The second kappa shape index (κ2) is 4.66. The fraction of sp³-hybridized carbons (Fsp3) is 0.462. The van der Waals surface area contributed by atoms with Gasteiger partial charge in [-0.05, 0) is 12.5 Å². The first-order valence-corrected chi connectivity index (χ1v) is 5.91. The van der Waals surface area contributed by atoms with Gasteiger partial charge in [-0.2, -0.15) is 0 Å². The molecule has 1 heterocycles. The van der Waals surface area contributed by atoms with Crippen LogP contribution in [0.3, 0.4) is 0 Å². The molecule has 1 unspecified atom stereocenters. The molecule has 0 saturated carbocycles. The van der Waals surface area contributed by atoms with E-state index in [0.717, 1.165) is 37.1 Å². The van der Waals surface area contributed by atoms with Crippen LogP contribution in [0.4, 0.5) is 5.69 Å². The van der Waals surface area contributed by atoms with E-state index in [9.17, 15) is 4.79 Å². The summed E-state index contributed by atoms with van der Waals surface area (Å²) in [5, 5.41) is 0. The highest BCUT2D eigenvalue weighted by Crippen LogP contribution is 2.34. The Morgan fingerprint density at radius 3 is 2.81 bits per heavy atom. The first kappa shape index (κ1) is 11.1. The Bertz CT molecular complexity index is 389. The van der Waals surface area contributed by atoms with Crippen LogP contribution < -0.4 is 10.6 Å². The van der Waals surface area contributed by atoms with Crippen LogP contribution in [0.5, 0.6) is 0 Å². The summed E-state index contributed by atoms with van der Waals surface area (Å²) in [5.41, 5.74) is 7.85. The topological polar surface area (TPSA) is 46.3 Å². The number of nitrogens with zero attached hydrogens (tertiary/aromatic N) is 1. The maximum absolute atomic E-state index is 12.0. The predicted octanol–water partition coefficient (Wildman–Crippen LogP) is 2.22. The number of hydrogen-bond donors (Lipinski definition) is 1. The largest absolute Gasteiger partial charge is 0.316 e. The van der Waals surface area contributed by atoms with Crippen molar-refractivity contribution in [2.24, 2.45) is 5.73 Å². The fourth-order valence-corrected chi connectivity index (χ4v) is 2.17. The maximum atomic E-state index is 12.0. The second-order valence-electron chi connectivity index (χ2n) is 4.23. The van der Waals surface area contributed by atoms with Crippen LogP contribution in [0.1, 0.15) is 37.8 Å². The first-order valence-electron chi connectivity index (χ1n) is 5.91. The lowest BCUT2D eigenvalue weighted by Gasteiger charge is -2.17. The molecule has 86 valence electrons. The molecule has 0 fully saturated rings. The Labute approximate surface area is 96.2 Å². The summed E-state index contributed by atoms with van der Waals surface area (Å²) in [6.45, 7) is 2.95. The van der Waals surface area contributed by atoms with Gasteiger partial charge in [0.1, 0.15) is 6.04 Å². The van der Waals surface area contributed by atoms with E-state index in [1.165, 1.54) is 0 Å². The van der Waals surface area contributed by atoms with E-state index >= 15 is 0 Å². The van der Waals surface area contributed by atoms with E-state index in [2.05, 4.69) is 6.92 Å². The summed E-state index contributed by atoms with van der Waals surface area (Å²) in [7, 11) is 0. The Morgan fingerprint density at radius 2 is 2.06 bits per heavy atom. The lowest BCUT2D eigenvalue weighted by Crippen LogP contribution is -2.32. The molecule has 1 aromatic carbocycles. The summed E-state index contributed by atoms with van der Waals surface area (Å²) < 4.78 is 0. The third-order valence-electron chi connectivity index (χ3n) is 3.08. The highest BCUT2D eigenvalue weighted by molar-refractivity contribution is 6.04. The van der Waals surface area contributed by atoms with Crippen molar-refractivity contribution >= 4 is 11.6 Å². The molecular weight excluding hydrogens is 200 g/mol. The Kier molecular flexibility index (Phi) is 3.25. The van der Waals surface area contributed by atoms with Gasteiger partial charge in [-0.15, -0.1) is 0 Å². The molecule has 0 radical (unpaired) electrons. The molecule has 1 aliphatic heterocycles. The van der Waals surface area contributed by atoms with Gasteiger partial charge >= 0.3 is 0 Å². The summed E-state index contributed by atoms with van der Waals surface area (Å²) in [6, 6.07) is 7.35. The Balaban J connectivity index is 2.17. The molecule has 1 amide bonds. The van der Waals surface area contributed by atoms with E-state index in [-0.39, 0.29) is 5.91 Å². The van der Waals surface area contributed by atoms with Crippen molar-refractivity contribution in [2.75, 3.05) is 11.4 Å². The first-order chi connectivity index (χ1) is 7.75. The molecule has 1 atom stereocenters. The summed E-state index contributed by atoms with van der Waals surface area (Å²) in [6.07, 6.45) is 3.36. The van der Waals surface area contributed by atoms with E-state index in [0.29, 0.717) is 0 Å². The summed E-state index contributed by atoms with van der Waals surface area (Å²) >= 11 is 0. The van der Waals surface area contributed by atoms with Crippen molar-refractivity contribution in [3.63, 3.8) is 0 Å². The number of amides is 1. The fourth-order valence-electron chi connectivity index (χ4n) is 2.17. The van der Waals surface area contributed by atoms with Gasteiger partial charge < -0.3 is 10.6 Å². The van der Waals surface area contributed by atoms with Gasteiger partial charge in [-0.25, -0.2) is 0 Å². The van der Waals surface area contributed by atoms with Crippen LogP contribution in [-0.2, 0) is 4.79 Å². The molecule has 0 bridgehead atoms. The lowest BCUT2D eigenvalue weighted by atomic mass is 10.1. The van der Waals surface area contributed by atoms with Crippen LogP contribution in [0, 0.1) is 0 Å². The number of carbonyl (C=O) groups excluding carboxylic acids is 1. The average Bonchev–Trinajstić information content (AvgIpc) is 2.55. The molecule has 1 aliphatic rings. The molecule has 3 nitrogen and oxygen atoms in total. The molecule has 0 spiro atoms. The van der Waals surface area contributed by atoms with Crippen molar-refractivity contribution in [3.8, 4) is 0 Å². The number of fused-ring (bicyclic) bond motifs is 1. The number of anilines is 1. The minimum absolute atomic E-state index is 0.0392. The van der Waals surface area contributed by atoms with Crippen molar-refractivity contribution in [1.82, 2.24) is 0 Å². The molecule has 2 rings (SSSR count). The quantitative estimate of drug-likeness (QED) is 0.788. The van der Waals surface area contributed by atoms with Crippen LogP contribution in [0.25, 0.3) is 0 Å². The minimum atomic E-state index is -0.460. The van der Waals surface area contributed by atoms with E-state index in [1.807, 2.05) is 29.2 Å². The highest BCUT2D eigenvalue weighted by atomic mass is 16.2. The number of benzene rings is 1. The third kappa shape index (κ3) is 1.83. The number of para-hydroxylation sites is 1. The molecule has 0 saturated heterocycles. The zero-order valence-corrected chi connectivity index (χ0v) is 9.65. The molecular formula is C13H18N2O. The zero-order chi connectivity index (χ0) is 11.5. The molecule has 1 aromatic rings. The molecule has 0 aliphatic carbocycles. The molecule has 2 N–H and O–H groups in total. The van der Waals surface area contributed by atoms with Crippen LogP contribution in [-0.4, -0.2) is 12.5 Å². The monoisotopic (exact) mass is 218 g/mol. The summed E-state index contributed by atoms with van der Waals surface area (Å²) in [4.78, 5) is 13.8. The Hall–Kier alpha value is -1.35.